The van der Waals surface area contributed by atoms with E-state index in [9.17, 15) is 4.79 Å². The van der Waals surface area contributed by atoms with E-state index in [1.165, 1.54) is 0 Å². The molecule has 0 atom stereocenters. The summed E-state index contributed by atoms with van der Waals surface area (Å²) < 4.78 is 0. The Balaban J connectivity index is 3.23. The van der Waals surface area contributed by atoms with Crippen LogP contribution >= 0.6 is 11.6 Å². The molecule has 82 valence electrons. The molecule has 1 aromatic carbocycles. The highest BCUT2D eigenvalue weighted by Gasteiger charge is 2.17. The van der Waals surface area contributed by atoms with Gasteiger partial charge in [-0.1, -0.05) is 38.4 Å². The number of nitrogens with one attached hydrogen (secondary N) is 1. The normalized spacial score (nSPS) is 11.3. The van der Waals surface area contributed by atoms with Gasteiger partial charge in [0.2, 0.25) is 0 Å². The van der Waals surface area contributed by atoms with Gasteiger partial charge < -0.3 is 0 Å². The first-order valence-corrected chi connectivity index (χ1v) is 4.98. The van der Waals surface area contributed by atoms with Gasteiger partial charge in [0, 0.05) is 0 Å². The summed E-state index contributed by atoms with van der Waals surface area (Å²) in [6, 6.07) is 5.22. The van der Waals surface area contributed by atoms with Crippen molar-refractivity contribution in [2.24, 2.45) is 0 Å². The van der Waals surface area contributed by atoms with Crippen LogP contribution in [0, 0.1) is 0 Å². The van der Waals surface area contributed by atoms with Crippen molar-refractivity contribution >= 4 is 17.5 Å². The van der Waals surface area contributed by atoms with Crippen LogP contribution in [0.1, 0.15) is 36.7 Å². The molecule has 1 amide bonds. The maximum atomic E-state index is 11.3. The highest BCUT2D eigenvalue weighted by molar-refractivity contribution is 6.33. The van der Waals surface area contributed by atoms with Gasteiger partial charge in [-0.2, -0.15) is 0 Å². The van der Waals surface area contributed by atoms with Crippen molar-refractivity contribution in [3.8, 4) is 0 Å². The molecule has 0 spiro atoms. The Kier molecular flexibility index (Phi) is 3.37. The fourth-order valence-corrected chi connectivity index (χ4v) is 1.43. The average Bonchev–Trinajstić information content (AvgIpc) is 2.15. The summed E-state index contributed by atoms with van der Waals surface area (Å²) >= 11 is 5.85. The Bertz CT molecular complexity index is 383. The first-order chi connectivity index (χ1) is 6.86. The second-order valence-electron chi connectivity index (χ2n) is 4.39. The summed E-state index contributed by atoms with van der Waals surface area (Å²) in [6.07, 6.45) is 0. The molecular formula is C11H14ClNO2. The standard InChI is InChI=1S/C11H14ClNO2/c1-11(2,3)7-4-5-9(12)8(6-7)10(14)13-15/h4-6,15H,1-3H3,(H,13,14). The van der Waals surface area contributed by atoms with Crippen LogP contribution in [0.2, 0.25) is 5.02 Å². The minimum atomic E-state index is -0.592. The van der Waals surface area contributed by atoms with Gasteiger partial charge in [0.1, 0.15) is 0 Å². The number of carbonyl (C=O) groups excluding carboxylic acids is 1. The fraction of sp³-hybridized carbons (Fsp3) is 0.364. The van der Waals surface area contributed by atoms with Crippen LogP contribution in [-0.2, 0) is 5.41 Å². The molecule has 0 aliphatic rings. The lowest BCUT2D eigenvalue weighted by Crippen LogP contribution is -2.20. The van der Waals surface area contributed by atoms with Crippen molar-refractivity contribution in [2.75, 3.05) is 0 Å². The zero-order chi connectivity index (χ0) is 11.6. The number of amides is 1. The van der Waals surface area contributed by atoms with Crippen LogP contribution in [0.15, 0.2) is 18.2 Å². The minimum absolute atomic E-state index is 0.0604. The van der Waals surface area contributed by atoms with E-state index in [1.54, 1.807) is 17.6 Å². The zero-order valence-electron chi connectivity index (χ0n) is 8.97. The summed E-state index contributed by atoms with van der Waals surface area (Å²) in [5.41, 5.74) is 2.79. The van der Waals surface area contributed by atoms with E-state index in [-0.39, 0.29) is 11.0 Å². The van der Waals surface area contributed by atoms with Gasteiger partial charge in [0.25, 0.3) is 5.91 Å². The SMILES string of the molecule is CC(C)(C)c1ccc(Cl)c(C(=O)NO)c1. The molecule has 0 aromatic heterocycles. The van der Waals surface area contributed by atoms with Gasteiger partial charge in [-0.25, -0.2) is 5.48 Å². The third kappa shape index (κ3) is 2.70. The van der Waals surface area contributed by atoms with Crippen LogP contribution in [-0.4, -0.2) is 11.1 Å². The van der Waals surface area contributed by atoms with Crippen LogP contribution < -0.4 is 5.48 Å². The number of hydrogen-bond acceptors (Lipinski definition) is 2. The quantitative estimate of drug-likeness (QED) is 0.573. The predicted molar refractivity (Wildman–Crippen MR) is 59.4 cm³/mol. The van der Waals surface area contributed by atoms with Crippen molar-refractivity contribution in [1.82, 2.24) is 5.48 Å². The molecule has 2 N–H and O–H groups in total. The summed E-state index contributed by atoms with van der Waals surface area (Å²) in [5.74, 6) is -0.592. The molecule has 3 nitrogen and oxygen atoms in total. The topological polar surface area (TPSA) is 49.3 Å². The molecule has 0 saturated heterocycles. The highest BCUT2D eigenvalue weighted by atomic mass is 35.5. The Morgan fingerprint density at radius 1 is 1.40 bits per heavy atom. The summed E-state index contributed by atoms with van der Waals surface area (Å²) in [5, 5.41) is 8.88. The summed E-state index contributed by atoms with van der Waals surface area (Å²) in [4.78, 5) is 11.3. The predicted octanol–water partition coefficient (Wildman–Crippen LogP) is 2.76. The molecule has 0 saturated carbocycles. The van der Waals surface area contributed by atoms with Gasteiger partial charge >= 0.3 is 0 Å². The first-order valence-electron chi connectivity index (χ1n) is 4.60. The van der Waals surface area contributed by atoms with Gasteiger partial charge in [0.05, 0.1) is 10.6 Å². The monoisotopic (exact) mass is 227 g/mol. The van der Waals surface area contributed by atoms with Gasteiger partial charge in [-0.3, -0.25) is 10.0 Å². The van der Waals surface area contributed by atoms with Crippen molar-refractivity contribution in [3.05, 3.63) is 34.3 Å². The maximum absolute atomic E-state index is 11.3. The van der Waals surface area contributed by atoms with Crippen molar-refractivity contribution in [3.63, 3.8) is 0 Å². The van der Waals surface area contributed by atoms with Crippen molar-refractivity contribution in [1.29, 1.82) is 0 Å². The van der Waals surface area contributed by atoms with E-state index in [0.717, 1.165) is 5.56 Å². The molecule has 0 heterocycles. The molecule has 1 rings (SSSR count). The number of halogens is 1. The molecule has 0 aliphatic heterocycles. The Morgan fingerprint density at radius 3 is 2.47 bits per heavy atom. The Hall–Kier alpha value is -1.06. The lowest BCUT2D eigenvalue weighted by molar-refractivity contribution is 0.0706. The van der Waals surface area contributed by atoms with E-state index in [2.05, 4.69) is 0 Å². The fourth-order valence-electron chi connectivity index (χ4n) is 1.23. The number of carbonyl (C=O) groups is 1. The van der Waals surface area contributed by atoms with E-state index in [1.807, 2.05) is 26.8 Å². The molecule has 4 heteroatoms. The van der Waals surface area contributed by atoms with E-state index >= 15 is 0 Å². The third-order valence-electron chi connectivity index (χ3n) is 2.18. The van der Waals surface area contributed by atoms with Crippen molar-refractivity contribution < 1.29 is 10.0 Å². The number of benzene rings is 1. The Morgan fingerprint density at radius 2 is 2.00 bits per heavy atom. The smallest absolute Gasteiger partial charge is 0.276 e. The summed E-state index contributed by atoms with van der Waals surface area (Å²) in [7, 11) is 0. The van der Waals surface area contributed by atoms with Gasteiger partial charge in [-0.15, -0.1) is 0 Å². The second kappa shape index (κ2) is 4.21. The molecule has 15 heavy (non-hydrogen) atoms. The van der Waals surface area contributed by atoms with E-state index < -0.39 is 5.91 Å². The number of rotatable bonds is 1. The molecule has 0 bridgehead atoms. The maximum Gasteiger partial charge on any atom is 0.276 e. The molecule has 0 unspecified atom stereocenters. The average molecular weight is 228 g/mol. The molecule has 1 aromatic rings. The van der Waals surface area contributed by atoms with E-state index in [0.29, 0.717) is 5.02 Å². The second-order valence-corrected chi connectivity index (χ2v) is 4.79. The van der Waals surface area contributed by atoms with Gasteiger partial charge in [-0.05, 0) is 23.1 Å². The van der Waals surface area contributed by atoms with Crippen LogP contribution in [0.25, 0.3) is 0 Å². The third-order valence-corrected chi connectivity index (χ3v) is 2.51. The number of hydrogen-bond donors (Lipinski definition) is 2. The van der Waals surface area contributed by atoms with Crippen LogP contribution in [0.4, 0.5) is 0 Å². The number of hydroxylamine groups is 1. The van der Waals surface area contributed by atoms with E-state index in [4.69, 9.17) is 16.8 Å². The molecule has 0 fully saturated rings. The van der Waals surface area contributed by atoms with Gasteiger partial charge in [0.15, 0.2) is 0 Å². The molecular weight excluding hydrogens is 214 g/mol. The highest BCUT2D eigenvalue weighted by Crippen LogP contribution is 2.26. The Labute approximate surface area is 94.0 Å². The largest absolute Gasteiger partial charge is 0.288 e. The summed E-state index contributed by atoms with van der Waals surface area (Å²) in [6.45, 7) is 6.12. The lowest BCUT2D eigenvalue weighted by Gasteiger charge is -2.19. The van der Waals surface area contributed by atoms with Crippen LogP contribution in [0.5, 0.6) is 0 Å². The minimum Gasteiger partial charge on any atom is -0.288 e. The van der Waals surface area contributed by atoms with Crippen LogP contribution in [0.3, 0.4) is 0 Å². The van der Waals surface area contributed by atoms with Crippen molar-refractivity contribution in [2.45, 2.75) is 26.2 Å². The molecule has 0 radical (unpaired) electrons. The first kappa shape index (κ1) is 12.0. The zero-order valence-corrected chi connectivity index (χ0v) is 9.72. The lowest BCUT2D eigenvalue weighted by atomic mass is 9.86. The molecule has 0 aliphatic carbocycles.